The molecule has 3 amide bonds. The Kier molecular flexibility index (Phi) is 14.1. The smallest absolute Gasteiger partial charge is 0.258 e. The Morgan fingerprint density at radius 2 is 1.73 bits per heavy atom. The number of nitrogens with two attached hydrogens (primary N) is 1. The molecule has 0 unspecified atom stereocenters. The van der Waals surface area contributed by atoms with E-state index >= 15 is 0 Å². The van der Waals surface area contributed by atoms with Gasteiger partial charge in [0.05, 0.1) is 36.2 Å². The maximum absolute atomic E-state index is 13.6. The lowest BCUT2D eigenvalue weighted by molar-refractivity contribution is -0.132. The molecule has 14 heteroatoms. The van der Waals surface area contributed by atoms with Crippen LogP contribution in [0.1, 0.15) is 52.0 Å². The molecule has 1 aliphatic rings. The molecule has 4 aromatic rings. The van der Waals surface area contributed by atoms with Crippen molar-refractivity contribution in [1.82, 2.24) is 19.8 Å². The Morgan fingerprint density at radius 3 is 2.47 bits per heavy atom. The summed E-state index contributed by atoms with van der Waals surface area (Å²) in [6.45, 7) is 5.90. The van der Waals surface area contributed by atoms with E-state index in [-0.39, 0.29) is 48.5 Å². The van der Waals surface area contributed by atoms with E-state index in [4.69, 9.17) is 15.2 Å². The number of aryl methyl sites for hydroxylation is 1. The van der Waals surface area contributed by atoms with Crippen molar-refractivity contribution >= 4 is 70.9 Å². The maximum atomic E-state index is 13.6. The number of carbonyl (C=O) groups is 3. The van der Waals surface area contributed by atoms with E-state index in [1.807, 2.05) is 30.0 Å². The predicted octanol–water partition coefficient (Wildman–Crippen LogP) is 5.55. The van der Waals surface area contributed by atoms with Gasteiger partial charge in [0, 0.05) is 45.2 Å². The molecule has 1 aliphatic heterocycles. The van der Waals surface area contributed by atoms with Gasteiger partial charge in [-0.3, -0.25) is 14.4 Å². The Hall–Kier alpha value is -4.52. The number of nitrogen functional groups attached to an aromatic ring is 1. The number of H-pyrrole nitrogens is 1. The van der Waals surface area contributed by atoms with Crippen molar-refractivity contribution in [2.75, 3.05) is 69.9 Å². The summed E-state index contributed by atoms with van der Waals surface area (Å²) in [7, 11) is 5.25. The number of hydrogen-bond donors (Lipinski definition) is 3. The number of piperazine rings is 1. The molecular formula is C35H45Cl2N7O5. The summed E-state index contributed by atoms with van der Waals surface area (Å²) in [5.41, 5.74) is 9.67. The molecule has 2 heterocycles. The Labute approximate surface area is 299 Å². The highest BCUT2D eigenvalue weighted by molar-refractivity contribution is 6.13. The fraction of sp³-hybridized carbons (Fsp3) is 0.371. The van der Waals surface area contributed by atoms with Gasteiger partial charge < -0.3 is 40.2 Å². The first kappa shape index (κ1) is 38.9. The summed E-state index contributed by atoms with van der Waals surface area (Å²) in [6, 6.07) is 15.8. The first-order valence-corrected chi connectivity index (χ1v) is 15.9. The number of imidazole rings is 1. The van der Waals surface area contributed by atoms with Crippen LogP contribution >= 0.6 is 24.8 Å². The van der Waals surface area contributed by atoms with Crippen LogP contribution in [0.25, 0.3) is 11.0 Å². The number of aromatic nitrogens is 2. The topological polar surface area (TPSA) is 146 Å². The predicted molar refractivity (Wildman–Crippen MR) is 198 cm³/mol. The summed E-state index contributed by atoms with van der Waals surface area (Å²) in [4.78, 5) is 52.2. The molecule has 0 bridgehead atoms. The van der Waals surface area contributed by atoms with Gasteiger partial charge in [0.2, 0.25) is 5.91 Å². The minimum absolute atomic E-state index is 0. The van der Waals surface area contributed by atoms with E-state index in [1.165, 1.54) is 7.11 Å². The SMILES string of the molecule is COc1cc(C(=O)N(C)c2ccc(C)cc2OCCCCCC(=O)N2CCN(C)CC2)ccc1NC(=O)c1cccc2[nH]c(N)nc12.Cl.Cl. The minimum Gasteiger partial charge on any atom is -0.495 e. The van der Waals surface area contributed by atoms with E-state index in [1.54, 1.807) is 48.3 Å². The third kappa shape index (κ3) is 9.56. The van der Waals surface area contributed by atoms with Crippen LogP contribution in [0.3, 0.4) is 0 Å². The first-order valence-electron chi connectivity index (χ1n) is 15.9. The second-order valence-corrected chi connectivity index (χ2v) is 11.9. The molecule has 1 saturated heterocycles. The van der Waals surface area contributed by atoms with Crippen molar-refractivity contribution in [3.05, 3.63) is 71.3 Å². The molecule has 4 N–H and O–H groups in total. The van der Waals surface area contributed by atoms with Gasteiger partial charge in [-0.25, -0.2) is 4.98 Å². The van der Waals surface area contributed by atoms with Gasteiger partial charge in [-0.15, -0.1) is 24.8 Å². The number of halogens is 2. The highest BCUT2D eigenvalue weighted by atomic mass is 35.5. The van der Waals surface area contributed by atoms with Crippen LogP contribution in [-0.2, 0) is 4.79 Å². The zero-order valence-electron chi connectivity index (χ0n) is 28.3. The summed E-state index contributed by atoms with van der Waals surface area (Å²) in [6.07, 6.45) is 3.05. The minimum atomic E-state index is -0.389. The number of nitrogens with one attached hydrogen (secondary N) is 2. The van der Waals surface area contributed by atoms with Crippen LogP contribution in [0.5, 0.6) is 11.5 Å². The Balaban J connectivity index is 0.00000325. The lowest BCUT2D eigenvalue weighted by atomic mass is 10.1. The molecule has 0 aliphatic carbocycles. The quantitative estimate of drug-likeness (QED) is 0.162. The van der Waals surface area contributed by atoms with E-state index in [2.05, 4.69) is 27.2 Å². The number of hydrogen-bond acceptors (Lipinski definition) is 8. The standard InChI is InChI=1S/C35H43N7O5.2ClH/c1-23-12-15-28(30(21-23)47-20-7-5-6-11-31(43)42-18-16-40(2)17-19-42)41(3)34(45)24-13-14-26(29(22-24)46-4)37-33(44)25-9-8-10-27-32(25)39-35(36)38-27;;/h8-10,12-15,21-22H,5-7,11,16-20H2,1-4H3,(H,37,44)(H3,36,38,39);2*1H. The number of likely N-dealkylation sites (N-methyl/N-ethyl adjacent to an activating group) is 1. The second-order valence-electron chi connectivity index (χ2n) is 11.9. The van der Waals surface area contributed by atoms with Crippen LogP contribution in [0.2, 0.25) is 0 Å². The van der Waals surface area contributed by atoms with Crippen LogP contribution < -0.4 is 25.4 Å². The number of fused-ring (bicyclic) bond motifs is 1. The number of ether oxygens (including phenoxy) is 2. The normalized spacial score (nSPS) is 12.9. The highest BCUT2D eigenvalue weighted by Crippen LogP contribution is 2.32. The largest absolute Gasteiger partial charge is 0.495 e. The molecule has 49 heavy (non-hydrogen) atoms. The average Bonchev–Trinajstić information content (AvgIpc) is 3.46. The highest BCUT2D eigenvalue weighted by Gasteiger charge is 2.21. The van der Waals surface area contributed by atoms with Gasteiger partial charge in [-0.05, 0) is 81.3 Å². The Morgan fingerprint density at radius 1 is 0.980 bits per heavy atom. The molecule has 0 saturated carbocycles. The Bertz CT molecular complexity index is 1760. The number of rotatable bonds is 12. The zero-order valence-corrected chi connectivity index (χ0v) is 29.9. The maximum Gasteiger partial charge on any atom is 0.258 e. The first-order chi connectivity index (χ1) is 22.6. The molecule has 12 nitrogen and oxygen atoms in total. The molecule has 3 aromatic carbocycles. The molecule has 0 atom stereocenters. The van der Waals surface area contributed by atoms with Crippen molar-refractivity contribution in [3.63, 3.8) is 0 Å². The summed E-state index contributed by atoms with van der Waals surface area (Å²) in [5, 5.41) is 2.86. The second kappa shape index (κ2) is 17.8. The van der Waals surface area contributed by atoms with Gasteiger partial charge in [0.1, 0.15) is 17.0 Å². The number of aromatic amines is 1. The van der Waals surface area contributed by atoms with Crippen molar-refractivity contribution in [2.24, 2.45) is 0 Å². The van der Waals surface area contributed by atoms with Gasteiger partial charge in [-0.1, -0.05) is 12.1 Å². The molecule has 264 valence electrons. The van der Waals surface area contributed by atoms with Crippen LogP contribution in [0, 0.1) is 6.92 Å². The number of anilines is 3. The number of nitrogens with zero attached hydrogens (tertiary/aromatic N) is 4. The van der Waals surface area contributed by atoms with Gasteiger partial charge in [0.25, 0.3) is 11.8 Å². The molecule has 1 fully saturated rings. The van der Waals surface area contributed by atoms with E-state index < -0.39 is 0 Å². The fourth-order valence-corrected chi connectivity index (χ4v) is 5.62. The third-order valence-corrected chi connectivity index (χ3v) is 8.40. The summed E-state index contributed by atoms with van der Waals surface area (Å²) < 4.78 is 11.7. The average molecular weight is 715 g/mol. The number of amides is 3. The van der Waals surface area contributed by atoms with Crippen molar-refractivity contribution in [1.29, 1.82) is 0 Å². The third-order valence-electron chi connectivity index (χ3n) is 8.40. The van der Waals surface area contributed by atoms with Gasteiger partial charge in [-0.2, -0.15) is 0 Å². The van der Waals surface area contributed by atoms with Crippen LogP contribution in [-0.4, -0.2) is 91.5 Å². The molecule has 5 rings (SSSR count). The van der Waals surface area contributed by atoms with Crippen LogP contribution in [0.15, 0.2) is 54.6 Å². The molecule has 1 aromatic heterocycles. The number of benzene rings is 3. The van der Waals surface area contributed by atoms with Crippen LogP contribution in [0.4, 0.5) is 17.3 Å². The van der Waals surface area contributed by atoms with Gasteiger partial charge >= 0.3 is 0 Å². The van der Waals surface area contributed by atoms with E-state index in [0.29, 0.717) is 58.1 Å². The monoisotopic (exact) mass is 713 g/mol. The lowest BCUT2D eigenvalue weighted by Gasteiger charge is -2.32. The molecule has 0 radical (unpaired) electrons. The molecule has 0 spiro atoms. The molecular weight excluding hydrogens is 669 g/mol. The summed E-state index contributed by atoms with van der Waals surface area (Å²) >= 11 is 0. The van der Waals surface area contributed by atoms with Crippen molar-refractivity contribution in [3.8, 4) is 11.5 Å². The number of methoxy groups -OCH3 is 1. The fourth-order valence-electron chi connectivity index (χ4n) is 5.62. The van der Waals surface area contributed by atoms with Crippen molar-refractivity contribution in [2.45, 2.75) is 32.6 Å². The lowest BCUT2D eigenvalue weighted by Crippen LogP contribution is -2.47. The summed E-state index contributed by atoms with van der Waals surface area (Å²) in [5.74, 6) is 0.728. The van der Waals surface area contributed by atoms with Gasteiger partial charge in [0.15, 0.2) is 5.95 Å². The number of carbonyl (C=O) groups excluding carboxylic acids is 3. The number of unbranched alkanes of at least 4 members (excludes halogenated alkanes) is 2. The zero-order chi connectivity index (χ0) is 33.5. The van der Waals surface area contributed by atoms with E-state index in [0.717, 1.165) is 51.0 Å². The van der Waals surface area contributed by atoms with E-state index in [9.17, 15) is 14.4 Å². The van der Waals surface area contributed by atoms with Crippen molar-refractivity contribution < 1.29 is 23.9 Å². The number of para-hydroxylation sites is 1.